The Morgan fingerprint density at radius 3 is 2.67 bits per heavy atom. The first-order chi connectivity index (χ1) is 8.72. The highest BCUT2D eigenvalue weighted by Gasteiger charge is 2.06. The quantitative estimate of drug-likeness (QED) is 0.850. The number of aromatic amines is 1. The van der Waals surface area contributed by atoms with Crippen LogP contribution in [0.25, 0.3) is 11.1 Å². The molecule has 0 saturated heterocycles. The van der Waals surface area contributed by atoms with E-state index in [9.17, 15) is 9.59 Å². The molecule has 0 fully saturated rings. The fourth-order valence-corrected chi connectivity index (χ4v) is 1.61. The third kappa shape index (κ3) is 2.45. The highest BCUT2D eigenvalue weighted by atomic mass is 16.1. The van der Waals surface area contributed by atoms with E-state index in [2.05, 4.69) is 15.3 Å². The standard InChI is InChI=1S/C13H13N3O2/c1-2-15-12(17)10-5-3-9(4-6-10)11-7-14-8-16-13(11)18/h3-8H,2H2,1H3,(H,15,17)(H,14,16,18). The lowest BCUT2D eigenvalue weighted by atomic mass is 10.1. The Bertz CT molecular complexity index is 602. The number of hydrogen-bond acceptors (Lipinski definition) is 3. The Hall–Kier alpha value is -2.43. The van der Waals surface area contributed by atoms with Crippen molar-refractivity contribution in [1.82, 2.24) is 15.3 Å². The van der Waals surface area contributed by atoms with E-state index in [0.717, 1.165) is 5.56 Å². The maximum Gasteiger partial charge on any atom is 0.258 e. The van der Waals surface area contributed by atoms with Gasteiger partial charge >= 0.3 is 0 Å². The van der Waals surface area contributed by atoms with E-state index in [1.54, 1.807) is 24.3 Å². The third-order valence-corrected chi connectivity index (χ3v) is 2.51. The molecular formula is C13H13N3O2. The van der Waals surface area contributed by atoms with Gasteiger partial charge in [0.25, 0.3) is 11.5 Å². The second-order valence-corrected chi connectivity index (χ2v) is 3.73. The number of rotatable bonds is 3. The van der Waals surface area contributed by atoms with Crippen LogP contribution >= 0.6 is 0 Å². The number of hydrogen-bond donors (Lipinski definition) is 2. The van der Waals surface area contributed by atoms with Crippen LogP contribution in [0, 0.1) is 0 Å². The Balaban J connectivity index is 2.31. The summed E-state index contributed by atoms with van der Waals surface area (Å²) in [5, 5.41) is 2.71. The molecule has 1 heterocycles. The number of benzene rings is 1. The lowest BCUT2D eigenvalue weighted by Crippen LogP contribution is -2.22. The number of nitrogens with zero attached hydrogens (tertiary/aromatic N) is 1. The maximum atomic E-state index is 11.6. The normalized spacial score (nSPS) is 10.1. The first-order valence-corrected chi connectivity index (χ1v) is 5.63. The summed E-state index contributed by atoms with van der Waals surface area (Å²) in [6, 6.07) is 6.84. The van der Waals surface area contributed by atoms with Crippen molar-refractivity contribution >= 4 is 5.91 Å². The molecule has 2 aromatic rings. The molecular weight excluding hydrogens is 230 g/mol. The SMILES string of the molecule is CCNC(=O)c1ccc(-c2cnc[nH]c2=O)cc1. The highest BCUT2D eigenvalue weighted by molar-refractivity contribution is 5.94. The average Bonchev–Trinajstić information content (AvgIpc) is 2.40. The predicted octanol–water partition coefficient (Wildman–Crippen LogP) is 1.19. The smallest absolute Gasteiger partial charge is 0.258 e. The summed E-state index contributed by atoms with van der Waals surface area (Å²) >= 11 is 0. The molecule has 1 amide bonds. The van der Waals surface area contributed by atoms with Gasteiger partial charge in [0.1, 0.15) is 0 Å². The number of aromatic nitrogens is 2. The van der Waals surface area contributed by atoms with E-state index in [4.69, 9.17) is 0 Å². The maximum absolute atomic E-state index is 11.6. The molecule has 18 heavy (non-hydrogen) atoms. The summed E-state index contributed by atoms with van der Waals surface area (Å²) in [6.45, 7) is 2.45. The Kier molecular flexibility index (Phi) is 3.52. The molecule has 0 saturated carbocycles. The lowest BCUT2D eigenvalue weighted by molar-refractivity contribution is 0.0956. The van der Waals surface area contributed by atoms with Crippen molar-refractivity contribution in [2.24, 2.45) is 0 Å². The van der Waals surface area contributed by atoms with Gasteiger partial charge in [-0.05, 0) is 24.6 Å². The van der Waals surface area contributed by atoms with Crippen LogP contribution in [0.1, 0.15) is 17.3 Å². The van der Waals surface area contributed by atoms with Gasteiger partial charge in [-0.25, -0.2) is 4.98 Å². The molecule has 0 bridgehead atoms. The minimum Gasteiger partial charge on any atom is -0.352 e. The molecule has 5 heteroatoms. The number of H-pyrrole nitrogens is 1. The van der Waals surface area contributed by atoms with Crippen LogP contribution in [0.5, 0.6) is 0 Å². The minimum atomic E-state index is -0.198. The van der Waals surface area contributed by atoms with E-state index in [1.165, 1.54) is 12.5 Å². The Morgan fingerprint density at radius 2 is 2.06 bits per heavy atom. The number of carbonyl (C=O) groups is 1. The van der Waals surface area contributed by atoms with Gasteiger partial charge in [0, 0.05) is 18.3 Å². The van der Waals surface area contributed by atoms with Crippen molar-refractivity contribution in [3.63, 3.8) is 0 Å². The van der Waals surface area contributed by atoms with Gasteiger partial charge in [0.2, 0.25) is 0 Å². The topological polar surface area (TPSA) is 74.8 Å². The number of carbonyl (C=O) groups excluding carboxylic acids is 1. The van der Waals surface area contributed by atoms with Crippen LogP contribution in [-0.4, -0.2) is 22.4 Å². The van der Waals surface area contributed by atoms with E-state index in [1.807, 2.05) is 6.92 Å². The van der Waals surface area contributed by atoms with Crippen molar-refractivity contribution < 1.29 is 4.79 Å². The molecule has 0 radical (unpaired) electrons. The van der Waals surface area contributed by atoms with Crippen LogP contribution in [0.2, 0.25) is 0 Å². The van der Waals surface area contributed by atoms with Gasteiger partial charge in [-0.15, -0.1) is 0 Å². The molecule has 0 atom stereocenters. The summed E-state index contributed by atoms with van der Waals surface area (Å²) in [6.07, 6.45) is 2.84. The largest absolute Gasteiger partial charge is 0.352 e. The number of amides is 1. The predicted molar refractivity (Wildman–Crippen MR) is 68.3 cm³/mol. The van der Waals surface area contributed by atoms with Crippen molar-refractivity contribution in [3.05, 3.63) is 52.7 Å². The van der Waals surface area contributed by atoms with Gasteiger partial charge in [0.15, 0.2) is 0 Å². The van der Waals surface area contributed by atoms with Gasteiger partial charge in [0.05, 0.1) is 11.9 Å². The van der Waals surface area contributed by atoms with Crippen molar-refractivity contribution in [2.75, 3.05) is 6.54 Å². The first-order valence-electron chi connectivity index (χ1n) is 5.63. The molecule has 0 aliphatic carbocycles. The zero-order valence-corrected chi connectivity index (χ0v) is 9.93. The minimum absolute atomic E-state index is 0.121. The molecule has 0 aliphatic heterocycles. The fraction of sp³-hybridized carbons (Fsp3) is 0.154. The monoisotopic (exact) mass is 243 g/mol. The van der Waals surface area contributed by atoms with Gasteiger partial charge < -0.3 is 10.3 Å². The average molecular weight is 243 g/mol. The van der Waals surface area contributed by atoms with E-state index in [-0.39, 0.29) is 11.5 Å². The van der Waals surface area contributed by atoms with Crippen molar-refractivity contribution in [3.8, 4) is 11.1 Å². The molecule has 5 nitrogen and oxygen atoms in total. The Morgan fingerprint density at radius 1 is 1.33 bits per heavy atom. The van der Waals surface area contributed by atoms with E-state index < -0.39 is 0 Å². The second-order valence-electron chi connectivity index (χ2n) is 3.73. The molecule has 0 aliphatic rings. The van der Waals surface area contributed by atoms with Crippen molar-refractivity contribution in [2.45, 2.75) is 6.92 Å². The molecule has 2 N–H and O–H groups in total. The lowest BCUT2D eigenvalue weighted by Gasteiger charge is -2.03. The molecule has 0 unspecified atom stereocenters. The first kappa shape index (κ1) is 12.0. The van der Waals surface area contributed by atoms with Crippen LogP contribution in [-0.2, 0) is 0 Å². The zero-order chi connectivity index (χ0) is 13.0. The molecule has 92 valence electrons. The summed E-state index contributed by atoms with van der Waals surface area (Å²) in [5.41, 5.74) is 1.59. The van der Waals surface area contributed by atoms with E-state index in [0.29, 0.717) is 17.7 Å². The van der Waals surface area contributed by atoms with Gasteiger partial charge in [-0.1, -0.05) is 12.1 Å². The van der Waals surface area contributed by atoms with Crippen LogP contribution in [0.15, 0.2) is 41.6 Å². The number of nitrogens with one attached hydrogen (secondary N) is 2. The van der Waals surface area contributed by atoms with Crippen molar-refractivity contribution in [1.29, 1.82) is 0 Å². The summed E-state index contributed by atoms with van der Waals surface area (Å²) in [7, 11) is 0. The molecule has 2 rings (SSSR count). The van der Waals surface area contributed by atoms with Crippen LogP contribution in [0.3, 0.4) is 0 Å². The van der Waals surface area contributed by atoms with E-state index >= 15 is 0 Å². The fourth-order valence-electron chi connectivity index (χ4n) is 1.61. The summed E-state index contributed by atoms with van der Waals surface area (Å²) in [5.74, 6) is -0.121. The Labute approximate surface area is 104 Å². The molecule has 1 aromatic heterocycles. The summed E-state index contributed by atoms with van der Waals surface area (Å²) in [4.78, 5) is 29.5. The van der Waals surface area contributed by atoms with Gasteiger partial charge in [-0.3, -0.25) is 9.59 Å². The molecule has 0 spiro atoms. The third-order valence-electron chi connectivity index (χ3n) is 2.51. The van der Waals surface area contributed by atoms with Gasteiger partial charge in [-0.2, -0.15) is 0 Å². The zero-order valence-electron chi connectivity index (χ0n) is 9.93. The second kappa shape index (κ2) is 5.27. The van der Waals surface area contributed by atoms with Crippen LogP contribution in [0.4, 0.5) is 0 Å². The summed E-state index contributed by atoms with van der Waals surface area (Å²) < 4.78 is 0. The molecule has 1 aromatic carbocycles. The highest BCUT2D eigenvalue weighted by Crippen LogP contribution is 2.14. The van der Waals surface area contributed by atoms with Crippen LogP contribution < -0.4 is 10.9 Å².